The number of nitrogens with zero attached hydrogens (tertiary/aromatic N) is 3. The van der Waals surface area contributed by atoms with E-state index in [4.69, 9.17) is 5.26 Å². The third-order valence-electron chi connectivity index (χ3n) is 2.56. The molecular formula is C11H12BrN3O2. The van der Waals surface area contributed by atoms with E-state index < -0.39 is 4.92 Å². The van der Waals surface area contributed by atoms with E-state index in [1.54, 1.807) is 24.1 Å². The molecule has 17 heavy (non-hydrogen) atoms. The molecule has 0 radical (unpaired) electrons. The minimum absolute atomic E-state index is 0.0339. The second-order valence-corrected chi connectivity index (χ2v) is 4.63. The average Bonchev–Trinajstić information content (AvgIpc) is 2.28. The molecule has 1 atom stereocenters. The molecule has 0 fully saturated rings. The van der Waals surface area contributed by atoms with Gasteiger partial charge in [-0.3, -0.25) is 10.1 Å². The van der Waals surface area contributed by atoms with Crippen LogP contribution in [0.2, 0.25) is 0 Å². The van der Waals surface area contributed by atoms with E-state index in [1.165, 1.54) is 6.07 Å². The van der Waals surface area contributed by atoms with E-state index in [0.717, 1.165) is 0 Å². The molecule has 0 bridgehead atoms. The van der Waals surface area contributed by atoms with Crippen molar-refractivity contribution >= 4 is 27.3 Å². The van der Waals surface area contributed by atoms with Crippen LogP contribution in [0.15, 0.2) is 22.7 Å². The number of halogens is 1. The number of nitriles is 1. The van der Waals surface area contributed by atoms with Gasteiger partial charge in [0.05, 0.1) is 17.4 Å². The molecule has 1 rings (SSSR count). The van der Waals surface area contributed by atoms with Crippen LogP contribution in [0, 0.1) is 21.4 Å². The summed E-state index contributed by atoms with van der Waals surface area (Å²) >= 11 is 3.21. The summed E-state index contributed by atoms with van der Waals surface area (Å²) in [5.41, 5.74) is 0.549. The zero-order valence-corrected chi connectivity index (χ0v) is 11.1. The molecule has 0 saturated carbocycles. The van der Waals surface area contributed by atoms with Gasteiger partial charge in [-0.1, -0.05) is 15.9 Å². The normalized spacial score (nSPS) is 11.6. The third-order valence-corrected chi connectivity index (χ3v) is 3.06. The van der Waals surface area contributed by atoms with E-state index >= 15 is 0 Å². The number of anilines is 1. The first-order chi connectivity index (χ1) is 7.97. The molecule has 0 saturated heterocycles. The second-order valence-electron chi connectivity index (χ2n) is 3.71. The molecule has 5 nitrogen and oxygen atoms in total. The van der Waals surface area contributed by atoms with Gasteiger partial charge < -0.3 is 4.90 Å². The first kappa shape index (κ1) is 13.5. The monoisotopic (exact) mass is 297 g/mol. The van der Waals surface area contributed by atoms with Crippen LogP contribution in [0.25, 0.3) is 0 Å². The lowest BCUT2D eigenvalue weighted by molar-refractivity contribution is -0.384. The van der Waals surface area contributed by atoms with E-state index in [2.05, 4.69) is 22.0 Å². The second kappa shape index (κ2) is 5.64. The Labute approximate surface area is 108 Å². The summed E-state index contributed by atoms with van der Waals surface area (Å²) in [6, 6.07) is 6.88. The lowest BCUT2D eigenvalue weighted by atomic mass is 10.2. The molecule has 0 aliphatic heterocycles. The van der Waals surface area contributed by atoms with Gasteiger partial charge in [0.1, 0.15) is 5.69 Å². The average molecular weight is 298 g/mol. The maximum Gasteiger partial charge on any atom is 0.293 e. The van der Waals surface area contributed by atoms with Gasteiger partial charge in [0, 0.05) is 23.6 Å². The topological polar surface area (TPSA) is 70.2 Å². The number of hydrogen-bond acceptors (Lipinski definition) is 4. The molecule has 0 N–H and O–H groups in total. The van der Waals surface area contributed by atoms with E-state index in [1.807, 2.05) is 6.92 Å². The number of hydrogen-bond donors (Lipinski definition) is 0. The Balaban J connectivity index is 3.13. The summed E-state index contributed by atoms with van der Waals surface area (Å²) in [7, 11) is 1.75. The maximum absolute atomic E-state index is 11.0. The fraction of sp³-hybridized carbons (Fsp3) is 0.364. The van der Waals surface area contributed by atoms with Crippen molar-refractivity contribution in [2.45, 2.75) is 19.4 Å². The van der Waals surface area contributed by atoms with Gasteiger partial charge in [-0.25, -0.2) is 0 Å². The SMILES string of the molecule is CC(CC#N)N(C)c1ccc(Br)cc1[N+](=O)[O-]. The Morgan fingerprint density at radius 1 is 1.65 bits per heavy atom. The van der Waals surface area contributed by atoms with Crippen molar-refractivity contribution in [2.24, 2.45) is 0 Å². The molecule has 0 aromatic heterocycles. The van der Waals surface area contributed by atoms with Crippen molar-refractivity contribution in [2.75, 3.05) is 11.9 Å². The highest BCUT2D eigenvalue weighted by molar-refractivity contribution is 9.10. The van der Waals surface area contributed by atoms with E-state index in [-0.39, 0.29) is 11.7 Å². The van der Waals surface area contributed by atoms with Crippen LogP contribution in [0.4, 0.5) is 11.4 Å². The van der Waals surface area contributed by atoms with Crippen LogP contribution in [0.5, 0.6) is 0 Å². The quantitative estimate of drug-likeness (QED) is 0.632. The first-order valence-corrected chi connectivity index (χ1v) is 5.80. The Kier molecular flexibility index (Phi) is 4.46. The van der Waals surface area contributed by atoms with Gasteiger partial charge >= 0.3 is 0 Å². The highest BCUT2D eigenvalue weighted by atomic mass is 79.9. The highest BCUT2D eigenvalue weighted by Gasteiger charge is 2.20. The van der Waals surface area contributed by atoms with Crippen molar-refractivity contribution in [1.82, 2.24) is 0 Å². The predicted octanol–water partition coefficient (Wildman–Crippen LogP) is 3.10. The van der Waals surface area contributed by atoms with E-state index in [0.29, 0.717) is 16.6 Å². The van der Waals surface area contributed by atoms with Crippen LogP contribution in [-0.4, -0.2) is 18.0 Å². The molecule has 90 valence electrons. The lowest BCUT2D eigenvalue weighted by Crippen LogP contribution is -2.28. The van der Waals surface area contributed by atoms with Crippen LogP contribution in [0.3, 0.4) is 0 Å². The zero-order valence-electron chi connectivity index (χ0n) is 9.55. The standard InChI is InChI=1S/C11H12BrN3O2/c1-8(5-6-13)14(2)10-4-3-9(12)7-11(10)15(16)17/h3-4,7-8H,5H2,1-2H3. The summed E-state index contributed by atoms with van der Waals surface area (Å²) in [6.07, 6.45) is 0.323. The molecule has 1 aromatic rings. The van der Waals surface area contributed by atoms with E-state index in [9.17, 15) is 10.1 Å². The molecule has 6 heteroatoms. The largest absolute Gasteiger partial charge is 0.365 e. The summed E-state index contributed by atoms with van der Waals surface area (Å²) in [5, 5.41) is 19.6. The minimum atomic E-state index is -0.421. The smallest absolute Gasteiger partial charge is 0.293 e. The summed E-state index contributed by atoms with van der Waals surface area (Å²) in [6.45, 7) is 1.86. The number of nitro benzene ring substituents is 1. The molecule has 0 aliphatic carbocycles. The first-order valence-electron chi connectivity index (χ1n) is 5.01. The Bertz CT molecular complexity index is 470. The Hall–Kier alpha value is -1.61. The van der Waals surface area contributed by atoms with Gasteiger partial charge in [-0.15, -0.1) is 0 Å². The van der Waals surface area contributed by atoms with Crippen LogP contribution >= 0.6 is 15.9 Å². The molecule has 0 aliphatic rings. The predicted molar refractivity (Wildman–Crippen MR) is 68.9 cm³/mol. The van der Waals surface area contributed by atoms with Crippen molar-refractivity contribution in [3.63, 3.8) is 0 Å². The van der Waals surface area contributed by atoms with Gasteiger partial charge in [0.15, 0.2) is 0 Å². The Morgan fingerprint density at radius 2 is 2.29 bits per heavy atom. The summed E-state index contributed by atoms with van der Waals surface area (Å²) < 4.78 is 0.661. The van der Waals surface area contributed by atoms with Crippen LogP contribution in [0.1, 0.15) is 13.3 Å². The maximum atomic E-state index is 11.0. The lowest BCUT2D eigenvalue weighted by Gasteiger charge is -2.24. The minimum Gasteiger partial charge on any atom is -0.365 e. The van der Waals surface area contributed by atoms with Crippen LogP contribution < -0.4 is 4.90 Å². The van der Waals surface area contributed by atoms with Crippen molar-refractivity contribution in [1.29, 1.82) is 5.26 Å². The number of rotatable bonds is 4. The molecular weight excluding hydrogens is 286 g/mol. The van der Waals surface area contributed by atoms with Crippen molar-refractivity contribution < 1.29 is 4.92 Å². The summed E-state index contributed by atoms with van der Waals surface area (Å²) in [4.78, 5) is 12.3. The fourth-order valence-electron chi connectivity index (χ4n) is 1.45. The van der Waals surface area contributed by atoms with Gasteiger partial charge in [0.2, 0.25) is 0 Å². The molecule has 0 amide bonds. The van der Waals surface area contributed by atoms with Gasteiger partial charge in [-0.2, -0.15) is 5.26 Å². The van der Waals surface area contributed by atoms with Gasteiger partial charge in [0.25, 0.3) is 5.69 Å². The third kappa shape index (κ3) is 3.17. The zero-order chi connectivity index (χ0) is 13.0. The number of benzene rings is 1. The van der Waals surface area contributed by atoms with Gasteiger partial charge in [-0.05, 0) is 19.1 Å². The molecule has 1 aromatic carbocycles. The molecule has 1 unspecified atom stereocenters. The fourth-order valence-corrected chi connectivity index (χ4v) is 1.80. The molecule has 0 spiro atoms. The highest BCUT2D eigenvalue weighted by Crippen LogP contribution is 2.31. The Morgan fingerprint density at radius 3 is 2.82 bits per heavy atom. The van der Waals surface area contributed by atoms with Crippen LogP contribution in [-0.2, 0) is 0 Å². The summed E-state index contributed by atoms with van der Waals surface area (Å²) in [5.74, 6) is 0. The number of nitro groups is 1. The molecule has 0 heterocycles. The van der Waals surface area contributed by atoms with Crippen molar-refractivity contribution in [3.8, 4) is 6.07 Å². The van der Waals surface area contributed by atoms with Crippen molar-refractivity contribution in [3.05, 3.63) is 32.8 Å².